The summed E-state index contributed by atoms with van der Waals surface area (Å²) in [5.74, 6) is 3.02. The third kappa shape index (κ3) is 4.39. The fourth-order valence-corrected chi connectivity index (χ4v) is 3.34. The van der Waals surface area contributed by atoms with Crippen molar-refractivity contribution in [3.8, 4) is 29.6 Å². The second-order valence-corrected chi connectivity index (χ2v) is 6.73. The molecule has 0 saturated carbocycles. The lowest BCUT2D eigenvalue weighted by atomic mass is 10.2. The van der Waals surface area contributed by atoms with Gasteiger partial charge in [-0.1, -0.05) is 12.0 Å². The number of hydrogen-bond donors (Lipinski definition) is 0. The van der Waals surface area contributed by atoms with Crippen LogP contribution >= 0.6 is 11.8 Å². The molecule has 0 spiro atoms. The number of nitro groups is 1. The summed E-state index contributed by atoms with van der Waals surface area (Å²) in [6.07, 6.45) is 6.75. The minimum Gasteiger partial charge on any atom is -0.493 e. The van der Waals surface area contributed by atoms with Crippen molar-refractivity contribution in [2.24, 2.45) is 0 Å². The Kier molecular flexibility index (Phi) is 5.85. The molecule has 8 nitrogen and oxygen atoms in total. The van der Waals surface area contributed by atoms with Gasteiger partial charge in [0.1, 0.15) is 5.75 Å². The summed E-state index contributed by atoms with van der Waals surface area (Å²) in [6, 6.07) is 10.6. The van der Waals surface area contributed by atoms with Gasteiger partial charge in [-0.2, -0.15) is 0 Å². The number of non-ortho nitro benzene ring substituents is 1. The Bertz CT molecular complexity index is 1060. The molecule has 0 atom stereocenters. The van der Waals surface area contributed by atoms with Gasteiger partial charge in [0, 0.05) is 12.1 Å². The Labute approximate surface area is 170 Å². The molecule has 2 aromatic rings. The normalized spacial score (nSPS) is 14.8. The lowest BCUT2D eigenvalue weighted by molar-refractivity contribution is -0.384. The Morgan fingerprint density at radius 1 is 1.21 bits per heavy atom. The van der Waals surface area contributed by atoms with Crippen LogP contribution in [-0.2, 0) is 4.79 Å². The van der Waals surface area contributed by atoms with Crippen LogP contribution in [-0.4, -0.2) is 34.6 Å². The number of thioether (sulfide) groups is 1. The van der Waals surface area contributed by atoms with Crippen molar-refractivity contribution in [1.29, 1.82) is 0 Å². The van der Waals surface area contributed by atoms with E-state index >= 15 is 0 Å². The third-order valence-electron chi connectivity index (χ3n) is 3.88. The van der Waals surface area contributed by atoms with E-state index in [2.05, 4.69) is 5.92 Å². The summed E-state index contributed by atoms with van der Waals surface area (Å²) in [6.45, 7) is -0.0760. The second-order valence-electron chi connectivity index (χ2n) is 5.74. The predicted octanol–water partition coefficient (Wildman–Crippen LogP) is 4.07. The van der Waals surface area contributed by atoms with Gasteiger partial charge < -0.3 is 9.47 Å². The molecule has 29 heavy (non-hydrogen) atoms. The van der Waals surface area contributed by atoms with Gasteiger partial charge in [-0.3, -0.25) is 24.6 Å². The first-order chi connectivity index (χ1) is 13.9. The van der Waals surface area contributed by atoms with E-state index in [4.69, 9.17) is 15.9 Å². The van der Waals surface area contributed by atoms with Crippen LogP contribution in [0.1, 0.15) is 5.56 Å². The van der Waals surface area contributed by atoms with Gasteiger partial charge in [0.25, 0.3) is 16.8 Å². The molecular weight excluding hydrogens is 396 g/mol. The number of methoxy groups -OCH3 is 1. The molecule has 0 bridgehead atoms. The van der Waals surface area contributed by atoms with Crippen LogP contribution in [0.4, 0.5) is 10.5 Å². The number of terminal acetylenes is 1. The van der Waals surface area contributed by atoms with Gasteiger partial charge in [-0.05, 0) is 47.7 Å². The van der Waals surface area contributed by atoms with Crippen molar-refractivity contribution in [3.05, 3.63) is 63.0 Å². The molecule has 3 rings (SSSR count). The third-order valence-corrected chi connectivity index (χ3v) is 4.79. The average molecular weight is 410 g/mol. The van der Waals surface area contributed by atoms with Gasteiger partial charge in [0.15, 0.2) is 11.5 Å². The molecule has 1 saturated heterocycles. The number of rotatable bonds is 6. The summed E-state index contributed by atoms with van der Waals surface area (Å²) in [7, 11) is 1.46. The Hall–Kier alpha value is -3.77. The Morgan fingerprint density at radius 2 is 1.93 bits per heavy atom. The van der Waals surface area contributed by atoms with E-state index < -0.39 is 16.1 Å². The minimum absolute atomic E-state index is 0.0431. The van der Waals surface area contributed by atoms with E-state index in [1.807, 2.05) is 0 Å². The average Bonchev–Trinajstić information content (AvgIpc) is 2.97. The smallest absolute Gasteiger partial charge is 0.294 e. The van der Waals surface area contributed by atoms with Crippen molar-refractivity contribution in [2.45, 2.75) is 0 Å². The zero-order chi connectivity index (χ0) is 21.0. The first kappa shape index (κ1) is 20.0. The van der Waals surface area contributed by atoms with Crippen LogP contribution in [0.2, 0.25) is 0 Å². The minimum atomic E-state index is -0.496. The van der Waals surface area contributed by atoms with Gasteiger partial charge in [0.05, 0.1) is 23.5 Å². The predicted molar refractivity (Wildman–Crippen MR) is 108 cm³/mol. The molecule has 2 amide bonds. The van der Waals surface area contributed by atoms with Crippen LogP contribution in [0.25, 0.3) is 6.08 Å². The van der Waals surface area contributed by atoms with Crippen molar-refractivity contribution >= 4 is 34.7 Å². The van der Waals surface area contributed by atoms with Crippen molar-refractivity contribution in [2.75, 3.05) is 13.7 Å². The van der Waals surface area contributed by atoms with Crippen LogP contribution in [0, 0.1) is 22.5 Å². The maximum Gasteiger partial charge on any atom is 0.294 e. The monoisotopic (exact) mass is 410 g/mol. The highest BCUT2D eigenvalue weighted by molar-refractivity contribution is 8.18. The summed E-state index contributed by atoms with van der Waals surface area (Å²) < 4.78 is 11.1. The maximum atomic E-state index is 12.3. The summed E-state index contributed by atoms with van der Waals surface area (Å²) in [5, 5.41) is 10.3. The second kappa shape index (κ2) is 8.50. The van der Waals surface area contributed by atoms with E-state index in [0.29, 0.717) is 22.8 Å². The number of imide groups is 1. The Balaban J connectivity index is 1.82. The standard InChI is InChI=1S/C20H14N2O6S/c1-3-10-21-19(23)18(29-20(21)24)12-13-4-9-16(17(11-13)27-2)28-15-7-5-14(6-8-15)22(25)26/h1,4-9,11-12H,10H2,2H3/b18-12-. The highest BCUT2D eigenvalue weighted by Gasteiger charge is 2.34. The van der Waals surface area contributed by atoms with Crippen LogP contribution in [0.15, 0.2) is 47.4 Å². The van der Waals surface area contributed by atoms with Crippen LogP contribution in [0.5, 0.6) is 17.2 Å². The number of ether oxygens (including phenoxy) is 2. The van der Waals surface area contributed by atoms with Crippen molar-refractivity contribution < 1.29 is 24.0 Å². The van der Waals surface area contributed by atoms with E-state index in [-0.39, 0.29) is 17.1 Å². The number of nitro benzene ring substituents is 1. The van der Waals surface area contributed by atoms with Crippen molar-refractivity contribution in [3.63, 3.8) is 0 Å². The van der Waals surface area contributed by atoms with Gasteiger partial charge in [-0.15, -0.1) is 6.42 Å². The summed E-state index contributed by atoms with van der Waals surface area (Å²) in [4.78, 5) is 35.6. The number of carbonyl (C=O) groups excluding carboxylic acids is 2. The molecule has 0 radical (unpaired) electrons. The van der Waals surface area contributed by atoms with Gasteiger partial charge in [-0.25, -0.2) is 0 Å². The number of nitrogens with zero attached hydrogens (tertiary/aromatic N) is 2. The van der Waals surface area contributed by atoms with E-state index in [1.165, 1.54) is 31.4 Å². The largest absolute Gasteiger partial charge is 0.493 e. The molecule has 1 aliphatic rings. The molecule has 9 heteroatoms. The fraction of sp³-hybridized carbons (Fsp3) is 0.100. The fourth-order valence-electron chi connectivity index (χ4n) is 2.50. The molecular formula is C20H14N2O6S. The molecule has 2 aromatic carbocycles. The topological polar surface area (TPSA) is 99.0 Å². The summed E-state index contributed by atoms with van der Waals surface area (Å²) >= 11 is 0.816. The quantitative estimate of drug-likeness (QED) is 0.306. The summed E-state index contributed by atoms with van der Waals surface area (Å²) in [5.41, 5.74) is 0.586. The lowest BCUT2D eigenvalue weighted by Gasteiger charge is -2.11. The molecule has 0 aliphatic carbocycles. The van der Waals surface area contributed by atoms with E-state index in [1.54, 1.807) is 24.3 Å². The van der Waals surface area contributed by atoms with Gasteiger partial charge >= 0.3 is 0 Å². The number of carbonyl (C=O) groups is 2. The molecule has 0 unspecified atom stereocenters. The van der Waals surface area contributed by atoms with Crippen LogP contribution < -0.4 is 9.47 Å². The highest BCUT2D eigenvalue weighted by atomic mass is 32.2. The van der Waals surface area contributed by atoms with E-state index in [9.17, 15) is 19.7 Å². The van der Waals surface area contributed by atoms with Crippen molar-refractivity contribution in [1.82, 2.24) is 4.90 Å². The molecule has 146 valence electrons. The number of hydrogen-bond acceptors (Lipinski definition) is 7. The van der Waals surface area contributed by atoms with Gasteiger partial charge in [0.2, 0.25) is 0 Å². The molecule has 0 N–H and O–H groups in total. The SMILES string of the molecule is C#CCN1C(=O)S/C(=C\c2ccc(Oc3ccc([N+](=O)[O-])cc3)c(OC)c2)C1=O. The highest BCUT2D eigenvalue weighted by Crippen LogP contribution is 2.36. The zero-order valence-electron chi connectivity index (χ0n) is 15.2. The first-order valence-corrected chi connectivity index (χ1v) is 9.03. The first-order valence-electron chi connectivity index (χ1n) is 8.22. The molecule has 1 heterocycles. The van der Waals surface area contributed by atoms with E-state index in [0.717, 1.165) is 16.7 Å². The lowest BCUT2D eigenvalue weighted by Crippen LogP contribution is -2.28. The molecule has 1 fully saturated rings. The van der Waals surface area contributed by atoms with Crippen LogP contribution in [0.3, 0.4) is 0 Å². The number of benzene rings is 2. The zero-order valence-corrected chi connectivity index (χ0v) is 16.0. The molecule has 1 aliphatic heterocycles. The maximum absolute atomic E-state index is 12.3. The Morgan fingerprint density at radius 3 is 2.55 bits per heavy atom. The molecule has 0 aromatic heterocycles. The number of amides is 2.